The Morgan fingerprint density at radius 3 is 1.67 bits per heavy atom. The second-order valence-corrected chi connectivity index (χ2v) is 6.46. The van der Waals surface area contributed by atoms with Crippen molar-refractivity contribution in [3.63, 3.8) is 0 Å². The van der Waals surface area contributed by atoms with Crippen LogP contribution in [0.1, 0.15) is 88.7 Å². The number of halogens is 1. The summed E-state index contributed by atoms with van der Waals surface area (Å²) in [5.41, 5.74) is 2.76. The standard InChI is InChI=1S/C20H33Cl/c1-2-3-4-5-6-7-8-9-10-11-12-15-19-16-13-14-17-20(19)18-21/h13-14,16-17H,2-12,15,18H2,1H3. The van der Waals surface area contributed by atoms with Crippen LogP contribution >= 0.6 is 11.6 Å². The van der Waals surface area contributed by atoms with Gasteiger partial charge >= 0.3 is 0 Å². The lowest BCUT2D eigenvalue weighted by atomic mass is 10.0. The van der Waals surface area contributed by atoms with Gasteiger partial charge in [-0.3, -0.25) is 0 Å². The van der Waals surface area contributed by atoms with E-state index in [1.807, 2.05) is 0 Å². The van der Waals surface area contributed by atoms with Crippen molar-refractivity contribution in [1.82, 2.24) is 0 Å². The average molecular weight is 309 g/mol. The highest BCUT2D eigenvalue weighted by Gasteiger charge is 2.00. The highest BCUT2D eigenvalue weighted by Crippen LogP contribution is 2.16. The molecule has 0 unspecified atom stereocenters. The SMILES string of the molecule is CCCCCCCCCCCCCc1ccccc1CCl. The summed E-state index contributed by atoms with van der Waals surface area (Å²) < 4.78 is 0. The molecule has 0 aromatic heterocycles. The van der Waals surface area contributed by atoms with E-state index in [-0.39, 0.29) is 0 Å². The zero-order valence-electron chi connectivity index (χ0n) is 13.9. The monoisotopic (exact) mass is 308 g/mol. The van der Waals surface area contributed by atoms with Crippen LogP contribution in [0.2, 0.25) is 0 Å². The third kappa shape index (κ3) is 9.19. The topological polar surface area (TPSA) is 0 Å². The molecule has 0 fully saturated rings. The third-order valence-corrected chi connectivity index (χ3v) is 4.60. The van der Waals surface area contributed by atoms with E-state index in [9.17, 15) is 0 Å². The van der Waals surface area contributed by atoms with E-state index in [1.165, 1.54) is 88.2 Å². The molecule has 0 nitrogen and oxygen atoms in total. The summed E-state index contributed by atoms with van der Waals surface area (Å²) in [7, 11) is 0. The lowest BCUT2D eigenvalue weighted by molar-refractivity contribution is 0.549. The predicted octanol–water partition coefficient (Wildman–Crippen LogP) is 7.28. The van der Waals surface area contributed by atoms with Crippen molar-refractivity contribution in [3.05, 3.63) is 35.4 Å². The van der Waals surface area contributed by atoms with Gasteiger partial charge in [0.05, 0.1) is 0 Å². The molecule has 0 saturated heterocycles. The maximum Gasteiger partial charge on any atom is 0.0476 e. The van der Waals surface area contributed by atoms with Gasteiger partial charge in [0, 0.05) is 5.88 Å². The Labute approximate surface area is 137 Å². The highest BCUT2D eigenvalue weighted by molar-refractivity contribution is 6.17. The molecule has 0 amide bonds. The van der Waals surface area contributed by atoms with E-state index in [0.717, 1.165) is 0 Å². The van der Waals surface area contributed by atoms with Gasteiger partial charge in [0.1, 0.15) is 0 Å². The van der Waals surface area contributed by atoms with Crippen LogP contribution in [-0.2, 0) is 12.3 Å². The largest absolute Gasteiger partial charge is 0.122 e. The average Bonchev–Trinajstić information content (AvgIpc) is 2.53. The lowest BCUT2D eigenvalue weighted by Gasteiger charge is -2.06. The summed E-state index contributed by atoms with van der Waals surface area (Å²) in [5, 5.41) is 0. The van der Waals surface area contributed by atoms with Gasteiger partial charge in [0.2, 0.25) is 0 Å². The minimum atomic E-state index is 0.647. The molecule has 21 heavy (non-hydrogen) atoms. The van der Waals surface area contributed by atoms with Crippen LogP contribution in [0.3, 0.4) is 0 Å². The normalized spacial score (nSPS) is 11.0. The smallest absolute Gasteiger partial charge is 0.0476 e. The van der Waals surface area contributed by atoms with Gasteiger partial charge in [-0.15, -0.1) is 11.6 Å². The van der Waals surface area contributed by atoms with Gasteiger partial charge < -0.3 is 0 Å². The number of hydrogen-bond acceptors (Lipinski definition) is 0. The molecule has 0 aliphatic heterocycles. The summed E-state index contributed by atoms with van der Waals surface area (Å²) in [6.45, 7) is 2.28. The van der Waals surface area contributed by atoms with Crippen molar-refractivity contribution in [2.45, 2.75) is 89.9 Å². The molecule has 1 aromatic carbocycles. The number of benzene rings is 1. The van der Waals surface area contributed by atoms with Gasteiger partial charge in [0.25, 0.3) is 0 Å². The van der Waals surface area contributed by atoms with Crippen molar-refractivity contribution in [3.8, 4) is 0 Å². The summed E-state index contributed by atoms with van der Waals surface area (Å²) in [6.07, 6.45) is 16.7. The predicted molar refractivity (Wildman–Crippen MR) is 96.2 cm³/mol. The molecule has 1 heteroatoms. The summed E-state index contributed by atoms with van der Waals surface area (Å²) in [4.78, 5) is 0. The Bertz CT molecular complexity index is 345. The van der Waals surface area contributed by atoms with Gasteiger partial charge in [-0.05, 0) is 24.0 Å². The van der Waals surface area contributed by atoms with Gasteiger partial charge in [-0.1, -0.05) is 95.4 Å². The van der Waals surface area contributed by atoms with Crippen molar-refractivity contribution in [2.24, 2.45) is 0 Å². The zero-order valence-corrected chi connectivity index (χ0v) is 14.6. The van der Waals surface area contributed by atoms with Crippen LogP contribution in [0.5, 0.6) is 0 Å². The Kier molecular flexibility index (Phi) is 11.7. The van der Waals surface area contributed by atoms with Gasteiger partial charge in [-0.25, -0.2) is 0 Å². The van der Waals surface area contributed by atoms with Crippen molar-refractivity contribution in [2.75, 3.05) is 0 Å². The first-order valence-electron chi connectivity index (χ1n) is 9.01. The number of hydrogen-bond donors (Lipinski definition) is 0. The molecule has 0 spiro atoms. The van der Waals surface area contributed by atoms with Crippen LogP contribution in [0.15, 0.2) is 24.3 Å². The third-order valence-electron chi connectivity index (χ3n) is 4.31. The quantitative estimate of drug-likeness (QED) is 0.265. The fraction of sp³-hybridized carbons (Fsp3) is 0.700. The molecule has 0 aliphatic rings. The number of rotatable bonds is 13. The Balaban J connectivity index is 1.93. The van der Waals surface area contributed by atoms with E-state index in [1.54, 1.807) is 0 Å². The van der Waals surface area contributed by atoms with E-state index in [0.29, 0.717) is 5.88 Å². The molecule has 0 atom stereocenters. The minimum Gasteiger partial charge on any atom is -0.122 e. The van der Waals surface area contributed by atoms with E-state index < -0.39 is 0 Å². The Hall–Kier alpha value is -0.490. The molecular formula is C20H33Cl. The second kappa shape index (κ2) is 13.2. The summed E-state index contributed by atoms with van der Waals surface area (Å²) in [6, 6.07) is 8.60. The van der Waals surface area contributed by atoms with E-state index >= 15 is 0 Å². The molecule has 0 aliphatic carbocycles. The molecule has 0 radical (unpaired) electrons. The van der Waals surface area contributed by atoms with Crippen LogP contribution in [0.4, 0.5) is 0 Å². The van der Waals surface area contributed by atoms with Crippen LogP contribution in [0, 0.1) is 0 Å². The Morgan fingerprint density at radius 2 is 1.14 bits per heavy atom. The fourth-order valence-electron chi connectivity index (χ4n) is 2.91. The van der Waals surface area contributed by atoms with Crippen molar-refractivity contribution < 1.29 is 0 Å². The minimum absolute atomic E-state index is 0.647. The molecule has 0 saturated carbocycles. The first-order chi connectivity index (χ1) is 10.4. The number of unbranched alkanes of at least 4 members (excludes halogenated alkanes) is 10. The van der Waals surface area contributed by atoms with E-state index in [2.05, 4.69) is 31.2 Å². The van der Waals surface area contributed by atoms with Crippen molar-refractivity contribution >= 4 is 11.6 Å². The number of alkyl halides is 1. The van der Waals surface area contributed by atoms with Crippen LogP contribution < -0.4 is 0 Å². The fourth-order valence-corrected chi connectivity index (χ4v) is 3.17. The molecule has 0 bridgehead atoms. The molecule has 1 rings (SSSR count). The molecule has 1 aromatic rings. The number of aryl methyl sites for hydroxylation is 1. The molecule has 0 N–H and O–H groups in total. The lowest BCUT2D eigenvalue weighted by Crippen LogP contribution is -1.92. The van der Waals surface area contributed by atoms with E-state index in [4.69, 9.17) is 11.6 Å². The van der Waals surface area contributed by atoms with Crippen molar-refractivity contribution in [1.29, 1.82) is 0 Å². The molecule has 0 heterocycles. The maximum absolute atomic E-state index is 5.97. The molecule has 120 valence electrons. The summed E-state index contributed by atoms with van der Waals surface area (Å²) in [5.74, 6) is 0.647. The highest BCUT2D eigenvalue weighted by atomic mass is 35.5. The van der Waals surface area contributed by atoms with Gasteiger partial charge in [0.15, 0.2) is 0 Å². The first-order valence-corrected chi connectivity index (χ1v) is 9.54. The Morgan fingerprint density at radius 1 is 0.667 bits per heavy atom. The van der Waals surface area contributed by atoms with Crippen LogP contribution in [0.25, 0.3) is 0 Å². The summed E-state index contributed by atoms with van der Waals surface area (Å²) >= 11 is 5.97. The van der Waals surface area contributed by atoms with Crippen LogP contribution in [-0.4, -0.2) is 0 Å². The maximum atomic E-state index is 5.97. The van der Waals surface area contributed by atoms with Gasteiger partial charge in [-0.2, -0.15) is 0 Å². The molecular weight excluding hydrogens is 276 g/mol. The second-order valence-electron chi connectivity index (χ2n) is 6.19. The zero-order chi connectivity index (χ0) is 15.2. The first kappa shape index (κ1) is 18.6.